The predicted molar refractivity (Wildman–Crippen MR) is 147 cm³/mol. The Morgan fingerprint density at radius 3 is 2.71 bits per heavy atom. The van der Waals surface area contributed by atoms with Crippen molar-refractivity contribution in [1.29, 1.82) is 0 Å². The number of hydrogen-bond donors (Lipinski definition) is 3. The van der Waals surface area contributed by atoms with Gasteiger partial charge in [-0.05, 0) is 55.7 Å². The lowest BCUT2D eigenvalue weighted by atomic mass is 10.1. The van der Waals surface area contributed by atoms with Crippen molar-refractivity contribution in [1.82, 2.24) is 24.3 Å². The van der Waals surface area contributed by atoms with Crippen LogP contribution in [0, 0.1) is 0 Å². The fourth-order valence-corrected chi connectivity index (χ4v) is 5.57. The number of benzene rings is 1. The van der Waals surface area contributed by atoms with Gasteiger partial charge in [-0.1, -0.05) is 35.5 Å². The van der Waals surface area contributed by atoms with Crippen molar-refractivity contribution < 1.29 is 9.90 Å². The van der Waals surface area contributed by atoms with Crippen LogP contribution in [-0.2, 0) is 0 Å². The highest BCUT2D eigenvalue weighted by atomic mass is 35.5. The third-order valence-electron chi connectivity index (χ3n) is 6.33. The fraction of sp³-hybridized carbons (Fsp3) is 0.192. The maximum Gasteiger partial charge on any atom is 0.274 e. The summed E-state index contributed by atoms with van der Waals surface area (Å²) in [6.45, 7) is 1.96. The quantitative estimate of drug-likeness (QED) is 0.288. The molecule has 6 rings (SSSR count). The average molecular weight is 548 g/mol. The van der Waals surface area contributed by atoms with Crippen LogP contribution in [0.25, 0.3) is 16.8 Å². The largest absolute Gasteiger partial charge is 0.493 e. The Hall–Kier alpha value is -4.09. The summed E-state index contributed by atoms with van der Waals surface area (Å²) in [6.07, 6.45) is 5.03. The lowest BCUT2D eigenvalue weighted by Crippen LogP contribution is -2.30. The van der Waals surface area contributed by atoms with Crippen LogP contribution in [0.1, 0.15) is 29.6 Å². The lowest BCUT2D eigenvalue weighted by molar-refractivity contribution is 0.102. The monoisotopic (exact) mass is 547 g/mol. The molecular weight excluding hydrogens is 526 g/mol. The van der Waals surface area contributed by atoms with E-state index in [0.717, 1.165) is 37.4 Å². The molecule has 12 heteroatoms. The minimum absolute atomic E-state index is 0.229. The maximum atomic E-state index is 13.0. The highest BCUT2D eigenvalue weighted by Gasteiger charge is 2.22. The topological polar surface area (TPSA) is 129 Å². The van der Waals surface area contributed by atoms with Gasteiger partial charge in [0.2, 0.25) is 11.8 Å². The summed E-state index contributed by atoms with van der Waals surface area (Å²) < 4.78 is 1.19. The predicted octanol–water partition coefficient (Wildman–Crippen LogP) is 4.72. The first-order chi connectivity index (χ1) is 18.5. The van der Waals surface area contributed by atoms with Gasteiger partial charge in [-0.15, -0.1) is 0 Å². The van der Waals surface area contributed by atoms with Crippen molar-refractivity contribution in [3.05, 3.63) is 75.7 Å². The number of piperidine rings is 1. The van der Waals surface area contributed by atoms with Crippen LogP contribution in [0.15, 0.2) is 69.4 Å². The van der Waals surface area contributed by atoms with Gasteiger partial charge in [0.05, 0.1) is 10.7 Å². The van der Waals surface area contributed by atoms with E-state index < -0.39 is 22.9 Å². The van der Waals surface area contributed by atoms with E-state index in [0.29, 0.717) is 15.6 Å². The maximum absolute atomic E-state index is 13.0. The molecule has 5 aromatic rings. The van der Waals surface area contributed by atoms with Crippen molar-refractivity contribution in [2.24, 2.45) is 0 Å². The van der Waals surface area contributed by atoms with Gasteiger partial charge in [0, 0.05) is 24.2 Å². The number of nitrogens with zero attached hydrogens (tertiary/aromatic N) is 5. The van der Waals surface area contributed by atoms with Crippen LogP contribution in [0.5, 0.6) is 5.88 Å². The molecule has 3 N–H and O–H groups in total. The first-order valence-corrected chi connectivity index (χ1v) is 13.3. The molecule has 1 amide bonds. The van der Waals surface area contributed by atoms with Gasteiger partial charge in [-0.25, -0.2) is 9.97 Å². The number of amides is 1. The van der Waals surface area contributed by atoms with E-state index in [1.54, 1.807) is 30.3 Å². The molecule has 0 bridgehead atoms. The zero-order valence-electron chi connectivity index (χ0n) is 20.0. The number of halogens is 1. The Bertz CT molecular complexity index is 1750. The summed E-state index contributed by atoms with van der Waals surface area (Å²) in [5.41, 5.74) is 0.835. The molecule has 1 aliphatic rings. The van der Waals surface area contributed by atoms with Gasteiger partial charge in [0.15, 0.2) is 11.2 Å². The Morgan fingerprint density at radius 1 is 1.03 bits per heavy atom. The number of hydrogen-bond acceptors (Lipinski definition) is 8. The van der Waals surface area contributed by atoms with Crippen molar-refractivity contribution in [2.45, 2.75) is 29.2 Å². The minimum Gasteiger partial charge on any atom is -0.493 e. The first-order valence-electron chi connectivity index (χ1n) is 12.1. The second-order valence-corrected chi connectivity index (χ2v) is 10.3. The lowest BCUT2D eigenvalue weighted by Gasteiger charge is -2.25. The highest BCUT2D eigenvalue weighted by Crippen LogP contribution is 2.37. The van der Waals surface area contributed by atoms with Gasteiger partial charge >= 0.3 is 0 Å². The smallest absolute Gasteiger partial charge is 0.274 e. The van der Waals surface area contributed by atoms with E-state index in [-0.39, 0.29) is 16.4 Å². The fourth-order valence-electron chi connectivity index (χ4n) is 4.44. The molecule has 192 valence electrons. The molecule has 5 heterocycles. The molecule has 4 aromatic heterocycles. The number of H-pyrrole nitrogens is 1. The minimum atomic E-state index is -0.815. The second kappa shape index (κ2) is 9.99. The van der Waals surface area contributed by atoms with E-state index in [9.17, 15) is 14.7 Å². The highest BCUT2D eigenvalue weighted by molar-refractivity contribution is 7.99. The second-order valence-electron chi connectivity index (χ2n) is 8.84. The number of anilines is 2. The summed E-state index contributed by atoms with van der Waals surface area (Å²) in [7, 11) is 0. The van der Waals surface area contributed by atoms with Gasteiger partial charge in [-0.2, -0.15) is 4.98 Å². The molecule has 10 nitrogen and oxygen atoms in total. The number of aromatic amines is 1. The normalized spacial score (nSPS) is 13.8. The summed E-state index contributed by atoms with van der Waals surface area (Å²) >= 11 is 7.97. The molecule has 1 fully saturated rings. The molecule has 0 saturated carbocycles. The molecule has 1 aromatic carbocycles. The van der Waals surface area contributed by atoms with Gasteiger partial charge < -0.3 is 20.3 Å². The number of pyridine rings is 2. The van der Waals surface area contributed by atoms with Crippen LogP contribution >= 0.6 is 23.4 Å². The standard InChI is InChI=1S/C26H22ClN7O3S/c27-21-15(28-23(35)20-24(36)30-18-9-2-5-14-34(18)25(20)37)7-6-8-17(21)38-19-11-10-16-22(31-19)32-26(29-16)33-12-3-1-4-13-33/h2,5-11,14,36H,1,3-4,12-13H2,(H,28,35)(H,29,31,32). The SMILES string of the molecule is O=C(Nc1cccc(Sc2ccc3nc(N4CCCCC4)[nH]c3n2)c1Cl)c1c(O)nc2ccccn2c1=O. The third kappa shape index (κ3) is 4.54. The number of aromatic hydroxyl groups is 1. The molecule has 0 aliphatic carbocycles. The molecule has 0 radical (unpaired) electrons. The number of nitrogens with one attached hydrogen (secondary N) is 2. The number of carbonyl (C=O) groups is 1. The van der Waals surface area contributed by atoms with Crippen molar-refractivity contribution in [2.75, 3.05) is 23.3 Å². The third-order valence-corrected chi connectivity index (χ3v) is 7.84. The Labute approximate surface area is 225 Å². The molecule has 0 unspecified atom stereocenters. The summed E-state index contributed by atoms with van der Waals surface area (Å²) in [5.74, 6) is -0.634. The molecule has 1 aliphatic heterocycles. The summed E-state index contributed by atoms with van der Waals surface area (Å²) in [4.78, 5) is 45.4. The molecule has 0 spiro atoms. The number of carbonyl (C=O) groups excluding carboxylic acids is 1. The Balaban J connectivity index is 1.25. The van der Waals surface area contributed by atoms with E-state index in [2.05, 4.69) is 25.2 Å². The van der Waals surface area contributed by atoms with Gasteiger partial charge in [0.1, 0.15) is 16.2 Å². The van der Waals surface area contributed by atoms with Crippen molar-refractivity contribution in [3.8, 4) is 5.88 Å². The number of imidazole rings is 1. The van der Waals surface area contributed by atoms with Crippen LogP contribution < -0.4 is 15.8 Å². The zero-order valence-corrected chi connectivity index (χ0v) is 21.6. The van der Waals surface area contributed by atoms with E-state index in [1.165, 1.54) is 28.8 Å². The molecule has 38 heavy (non-hydrogen) atoms. The molecule has 0 atom stereocenters. The molecule has 1 saturated heterocycles. The molecular formula is C26H22ClN7O3S. The first kappa shape index (κ1) is 24.3. The van der Waals surface area contributed by atoms with Crippen LogP contribution in [0.3, 0.4) is 0 Å². The van der Waals surface area contributed by atoms with Crippen molar-refractivity contribution in [3.63, 3.8) is 0 Å². The van der Waals surface area contributed by atoms with Crippen LogP contribution in [0.2, 0.25) is 5.02 Å². The average Bonchev–Trinajstić information content (AvgIpc) is 3.35. The number of rotatable bonds is 5. The Kier molecular flexibility index (Phi) is 6.38. The number of aromatic nitrogens is 5. The summed E-state index contributed by atoms with van der Waals surface area (Å²) in [6, 6.07) is 13.8. The van der Waals surface area contributed by atoms with Crippen molar-refractivity contribution >= 4 is 57.7 Å². The van der Waals surface area contributed by atoms with Gasteiger partial charge in [-0.3, -0.25) is 14.0 Å². The van der Waals surface area contributed by atoms with E-state index in [4.69, 9.17) is 16.6 Å². The zero-order chi connectivity index (χ0) is 26.2. The van der Waals surface area contributed by atoms with Crippen LogP contribution in [0.4, 0.5) is 11.6 Å². The van der Waals surface area contributed by atoms with E-state index in [1.807, 2.05) is 18.2 Å². The van der Waals surface area contributed by atoms with E-state index >= 15 is 0 Å². The number of fused-ring (bicyclic) bond motifs is 2. The van der Waals surface area contributed by atoms with Crippen LogP contribution in [-0.4, -0.2) is 48.4 Å². The van der Waals surface area contributed by atoms with Gasteiger partial charge in [0.25, 0.3) is 11.5 Å². The summed E-state index contributed by atoms with van der Waals surface area (Å²) in [5, 5.41) is 13.9. The Morgan fingerprint density at radius 2 is 1.87 bits per heavy atom.